The van der Waals surface area contributed by atoms with E-state index in [1.54, 1.807) is 18.2 Å². The van der Waals surface area contributed by atoms with E-state index in [1.165, 1.54) is 54.8 Å². The van der Waals surface area contributed by atoms with Crippen LogP contribution >= 0.6 is 0 Å². The number of hydrogen-bond acceptors (Lipinski definition) is 4. The van der Waals surface area contributed by atoms with Gasteiger partial charge in [-0.3, -0.25) is 14.0 Å². The fraction of sp³-hybridized carbons (Fsp3) is 0.269. The number of hydrogen-bond donors (Lipinski definition) is 1. The minimum Gasteiger partial charge on any atom is -0.350 e. The summed E-state index contributed by atoms with van der Waals surface area (Å²) in [6.07, 6.45) is 2.50. The second kappa shape index (κ2) is 10.8. The monoisotopic (exact) mass is 481 g/mol. The topological polar surface area (TPSA) is 69.7 Å². The van der Waals surface area contributed by atoms with E-state index in [2.05, 4.69) is 22.3 Å². The highest BCUT2D eigenvalue weighted by Crippen LogP contribution is 2.23. The first-order chi connectivity index (χ1) is 16.4. The zero-order valence-corrected chi connectivity index (χ0v) is 19.7. The van der Waals surface area contributed by atoms with Gasteiger partial charge in [-0.05, 0) is 73.5 Å². The minimum atomic E-state index is -4.02. The Balaban J connectivity index is 1.43. The van der Waals surface area contributed by atoms with E-state index in [0.29, 0.717) is 0 Å². The van der Waals surface area contributed by atoms with E-state index in [9.17, 15) is 17.6 Å². The van der Waals surface area contributed by atoms with Crippen LogP contribution in [0.2, 0.25) is 0 Å². The Kier molecular flexibility index (Phi) is 7.59. The number of anilines is 1. The number of carbonyl (C=O) groups excluding carboxylic acids is 1. The van der Waals surface area contributed by atoms with Crippen LogP contribution in [0.25, 0.3) is 0 Å². The van der Waals surface area contributed by atoms with E-state index in [-0.39, 0.29) is 17.1 Å². The summed E-state index contributed by atoms with van der Waals surface area (Å²) in [6.45, 7) is 3.06. The summed E-state index contributed by atoms with van der Waals surface area (Å²) < 4.78 is 40.9. The summed E-state index contributed by atoms with van der Waals surface area (Å²) in [5.74, 6) is -0.941. The molecular formula is C26H28FN3O3S. The summed E-state index contributed by atoms with van der Waals surface area (Å²) in [7, 11) is -4.02. The van der Waals surface area contributed by atoms with Gasteiger partial charge in [0.05, 0.1) is 10.6 Å². The first-order valence-corrected chi connectivity index (χ1v) is 12.8. The molecule has 8 heteroatoms. The Hall–Kier alpha value is -3.23. The lowest BCUT2D eigenvalue weighted by Gasteiger charge is -2.24. The van der Waals surface area contributed by atoms with Crippen LogP contribution < -0.4 is 9.62 Å². The van der Waals surface area contributed by atoms with Crippen molar-refractivity contribution in [3.63, 3.8) is 0 Å². The molecule has 1 aliphatic heterocycles. The number of sulfonamides is 1. The molecule has 6 nitrogen and oxygen atoms in total. The number of nitrogens with one attached hydrogen (secondary N) is 1. The normalized spacial score (nSPS) is 14.1. The van der Waals surface area contributed by atoms with Crippen molar-refractivity contribution in [2.75, 3.05) is 23.9 Å². The van der Waals surface area contributed by atoms with Crippen LogP contribution in [-0.4, -0.2) is 38.9 Å². The molecule has 34 heavy (non-hydrogen) atoms. The number of rotatable bonds is 9. The predicted octanol–water partition coefficient (Wildman–Crippen LogP) is 3.93. The molecule has 1 N–H and O–H groups in total. The van der Waals surface area contributed by atoms with Gasteiger partial charge in [0.1, 0.15) is 12.4 Å². The fourth-order valence-corrected chi connectivity index (χ4v) is 5.43. The molecule has 0 atom stereocenters. The van der Waals surface area contributed by atoms with Crippen molar-refractivity contribution < 1.29 is 17.6 Å². The summed E-state index contributed by atoms with van der Waals surface area (Å²) in [5.41, 5.74) is 2.37. The predicted molar refractivity (Wildman–Crippen MR) is 130 cm³/mol. The van der Waals surface area contributed by atoms with Crippen LogP contribution in [-0.2, 0) is 27.9 Å². The maximum absolute atomic E-state index is 13.4. The quantitative estimate of drug-likeness (QED) is 0.503. The molecule has 178 valence electrons. The average Bonchev–Trinajstić information content (AvgIpc) is 3.36. The molecular weight excluding hydrogens is 453 g/mol. The van der Waals surface area contributed by atoms with E-state index in [4.69, 9.17) is 0 Å². The summed E-state index contributed by atoms with van der Waals surface area (Å²) >= 11 is 0. The number of likely N-dealkylation sites (tertiary alicyclic amines) is 1. The van der Waals surface area contributed by atoms with Crippen LogP contribution in [0, 0.1) is 5.82 Å². The van der Waals surface area contributed by atoms with Gasteiger partial charge in [0.25, 0.3) is 10.0 Å². The lowest BCUT2D eigenvalue weighted by atomic mass is 10.1. The fourth-order valence-electron chi connectivity index (χ4n) is 3.99. The highest BCUT2D eigenvalue weighted by molar-refractivity contribution is 7.92. The third-order valence-corrected chi connectivity index (χ3v) is 7.64. The van der Waals surface area contributed by atoms with Gasteiger partial charge in [-0.15, -0.1) is 0 Å². The maximum atomic E-state index is 13.4. The number of nitrogens with zero attached hydrogens (tertiary/aromatic N) is 2. The van der Waals surface area contributed by atoms with Gasteiger partial charge in [-0.25, -0.2) is 12.8 Å². The van der Waals surface area contributed by atoms with Gasteiger partial charge >= 0.3 is 0 Å². The number of halogens is 1. The van der Waals surface area contributed by atoms with E-state index in [0.717, 1.165) is 29.5 Å². The molecule has 3 aromatic rings. The minimum absolute atomic E-state index is 0.0562. The van der Waals surface area contributed by atoms with Gasteiger partial charge in [-0.1, -0.05) is 42.5 Å². The van der Waals surface area contributed by atoms with Crippen molar-refractivity contribution in [1.29, 1.82) is 0 Å². The third kappa shape index (κ3) is 6.01. The molecule has 0 bridgehead atoms. The molecule has 0 radical (unpaired) electrons. The Bertz CT molecular complexity index is 1190. The maximum Gasteiger partial charge on any atom is 0.264 e. The van der Waals surface area contributed by atoms with Crippen molar-refractivity contribution in [3.05, 3.63) is 95.8 Å². The van der Waals surface area contributed by atoms with Crippen LogP contribution in [0.5, 0.6) is 0 Å². The van der Waals surface area contributed by atoms with Crippen LogP contribution in [0.15, 0.2) is 83.8 Å². The Labute approximate surface area is 200 Å². The second-order valence-electron chi connectivity index (χ2n) is 8.38. The van der Waals surface area contributed by atoms with Crippen LogP contribution in [0.3, 0.4) is 0 Å². The van der Waals surface area contributed by atoms with Crippen molar-refractivity contribution in [2.45, 2.75) is 30.8 Å². The lowest BCUT2D eigenvalue weighted by Crippen LogP contribution is -2.40. The summed E-state index contributed by atoms with van der Waals surface area (Å²) in [4.78, 5) is 15.2. The highest BCUT2D eigenvalue weighted by Gasteiger charge is 2.27. The van der Waals surface area contributed by atoms with E-state index >= 15 is 0 Å². The standard InChI is InChI=1S/C26H28FN3O3S/c27-23-12-14-24(15-13-23)30(34(32,33)25-6-2-1-3-7-25)20-26(31)28-18-21-8-10-22(11-9-21)19-29-16-4-5-17-29/h1-3,6-15H,4-5,16-20H2,(H,28,31). The number of benzene rings is 3. The van der Waals surface area contributed by atoms with Gasteiger partial charge in [-0.2, -0.15) is 0 Å². The van der Waals surface area contributed by atoms with Crippen LogP contribution in [0.4, 0.5) is 10.1 Å². The SMILES string of the molecule is O=C(CN(c1ccc(F)cc1)S(=O)(=O)c1ccccc1)NCc1ccc(CN2CCCC2)cc1. The van der Waals surface area contributed by atoms with Crippen molar-refractivity contribution in [3.8, 4) is 0 Å². The average molecular weight is 482 g/mol. The Morgan fingerprint density at radius 3 is 2.15 bits per heavy atom. The van der Waals surface area contributed by atoms with Crippen molar-refractivity contribution in [2.24, 2.45) is 0 Å². The van der Waals surface area contributed by atoms with E-state index in [1.807, 2.05) is 12.1 Å². The molecule has 0 unspecified atom stereocenters. The molecule has 1 fully saturated rings. The third-order valence-electron chi connectivity index (χ3n) is 5.85. The summed E-state index contributed by atoms with van der Waals surface area (Å²) in [6, 6.07) is 21.0. The molecule has 0 spiro atoms. The van der Waals surface area contributed by atoms with Crippen molar-refractivity contribution in [1.82, 2.24) is 10.2 Å². The Morgan fingerprint density at radius 1 is 0.882 bits per heavy atom. The van der Waals surface area contributed by atoms with Gasteiger partial charge in [0, 0.05) is 13.1 Å². The zero-order chi connectivity index (χ0) is 24.0. The number of amides is 1. The Morgan fingerprint density at radius 2 is 1.50 bits per heavy atom. The summed E-state index contributed by atoms with van der Waals surface area (Å²) in [5, 5.41) is 2.80. The molecule has 1 heterocycles. The largest absolute Gasteiger partial charge is 0.350 e. The van der Waals surface area contributed by atoms with Gasteiger partial charge in [0.2, 0.25) is 5.91 Å². The molecule has 0 saturated carbocycles. The highest BCUT2D eigenvalue weighted by atomic mass is 32.2. The molecule has 1 aliphatic rings. The molecule has 1 amide bonds. The first kappa shape index (κ1) is 23.9. The molecule has 3 aromatic carbocycles. The first-order valence-electron chi connectivity index (χ1n) is 11.3. The van der Waals surface area contributed by atoms with E-state index < -0.39 is 28.3 Å². The second-order valence-corrected chi connectivity index (χ2v) is 10.2. The van der Waals surface area contributed by atoms with Gasteiger partial charge < -0.3 is 5.32 Å². The van der Waals surface area contributed by atoms with Gasteiger partial charge in [0.15, 0.2) is 0 Å². The van der Waals surface area contributed by atoms with Crippen molar-refractivity contribution >= 4 is 21.6 Å². The number of carbonyl (C=O) groups is 1. The smallest absolute Gasteiger partial charge is 0.264 e. The van der Waals surface area contributed by atoms with Crippen LogP contribution in [0.1, 0.15) is 24.0 Å². The zero-order valence-electron chi connectivity index (χ0n) is 18.9. The lowest BCUT2D eigenvalue weighted by molar-refractivity contribution is -0.119. The molecule has 0 aromatic heterocycles. The molecule has 0 aliphatic carbocycles. The molecule has 1 saturated heterocycles. The molecule has 4 rings (SSSR count).